The summed E-state index contributed by atoms with van der Waals surface area (Å²) in [6.45, 7) is 4.56. The fourth-order valence-corrected chi connectivity index (χ4v) is 6.55. The minimum absolute atomic E-state index is 0.0374. The number of aromatic hydroxyl groups is 1. The lowest BCUT2D eigenvalue weighted by molar-refractivity contribution is 0.478. The summed E-state index contributed by atoms with van der Waals surface area (Å²) in [4.78, 5) is 0. The van der Waals surface area contributed by atoms with E-state index in [2.05, 4.69) is 74.5 Å². The highest BCUT2D eigenvalue weighted by molar-refractivity contribution is 7.75. The standard InChI is InChI=1S/C21H23OP/c1-3-17(2)21(15-9-10-16-21)23(18-11-5-4-6-12-18)20-14-8-7-13-19(20)22/h4-17,22H,3H2,1-2H3. The summed E-state index contributed by atoms with van der Waals surface area (Å²) in [7, 11) is -0.726. The van der Waals surface area contributed by atoms with Crippen molar-refractivity contribution in [2.24, 2.45) is 5.92 Å². The fraction of sp³-hybridized carbons (Fsp3) is 0.238. The Morgan fingerprint density at radius 2 is 1.57 bits per heavy atom. The first-order chi connectivity index (χ1) is 11.2. The molecule has 0 saturated heterocycles. The second-order valence-corrected chi connectivity index (χ2v) is 8.52. The van der Waals surface area contributed by atoms with E-state index in [0.29, 0.717) is 11.7 Å². The maximum Gasteiger partial charge on any atom is 0.123 e. The Balaban J connectivity index is 2.22. The lowest BCUT2D eigenvalue weighted by Gasteiger charge is -2.40. The van der Waals surface area contributed by atoms with Gasteiger partial charge in [-0.25, -0.2) is 0 Å². The third-order valence-electron chi connectivity index (χ3n) is 4.76. The zero-order chi connectivity index (χ0) is 16.3. The van der Waals surface area contributed by atoms with Gasteiger partial charge in [-0.15, -0.1) is 0 Å². The maximum absolute atomic E-state index is 10.5. The molecule has 1 aliphatic rings. The topological polar surface area (TPSA) is 20.2 Å². The molecule has 23 heavy (non-hydrogen) atoms. The molecular formula is C21H23OP. The van der Waals surface area contributed by atoms with E-state index in [1.165, 1.54) is 5.30 Å². The van der Waals surface area contributed by atoms with E-state index < -0.39 is 7.92 Å². The van der Waals surface area contributed by atoms with Crippen molar-refractivity contribution in [3.05, 3.63) is 78.9 Å². The Morgan fingerprint density at radius 3 is 2.17 bits per heavy atom. The zero-order valence-electron chi connectivity index (χ0n) is 13.7. The number of benzene rings is 2. The van der Waals surface area contributed by atoms with Crippen LogP contribution < -0.4 is 10.6 Å². The van der Waals surface area contributed by atoms with Crippen LogP contribution in [0.2, 0.25) is 0 Å². The molecule has 2 unspecified atom stereocenters. The molecule has 2 aromatic rings. The van der Waals surface area contributed by atoms with Gasteiger partial charge in [-0.3, -0.25) is 0 Å². The molecule has 0 amide bonds. The van der Waals surface area contributed by atoms with Crippen LogP contribution in [0.15, 0.2) is 78.9 Å². The van der Waals surface area contributed by atoms with Crippen molar-refractivity contribution in [3.63, 3.8) is 0 Å². The smallest absolute Gasteiger partial charge is 0.123 e. The van der Waals surface area contributed by atoms with Crippen LogP contribution in [0, 0.1) is 5.92 Å². The van der Waals surface area contributed by atoms with Crippen molar-refractivity contribution in [2.75, 3.05) is 0 Å². The van der Waals surface area contributed by atoms with Gasteiger partial charge in [0.25, 0.3) is 0 Å². The molecule has 2 heteroatoms. The van der Waals surface area contributed by atoms with E-state index in [1.807, 2.05) is 12.1 Å². The van der Waals surface area contributed by atoms with Crippen LogP contribution in [0.5, 0.6) is 5.75 Å². The lowest BCUT2D eigenvalue weighted by Crippen LogP contribution is -2.36. The number of hydrogen-bond acceptors (Lipinski definition) is 1. The third kappa shape index (κ3) is 2.86. The van der Waals surface area contributed by atoms with Crippen molar-refractivity contribution >= 4 is 18.5 Å². The quantitative estimate of drug-likeness (QED) is 0.789. The summed E-state index contributed by atoms with van der Waals surface area (Å²) >= 11 is 0. The molecule has 0 heterocycles. The highest BCUT2D eigenvalue weighted by atomic mass is 31.1. The molecular weight excluding hydrogens is 299 g/mol. The summed E-state index contributed by atoms with van der Waals surface area (Å²) in [6.07, 6.45) is 10.1. The van der Waals surface area contributed by atoms with Crippen molar-refractivity contribution < 1.29 is 5.11 Å². The third-order valence-corrected chi connectivity index (χ3v) is 7.95. The number of para-hydroxylation sites is 1. The number of phenolic OH excluding ortho intramolecular Hbond substituents is 1. The summed E-state index contributed by atoms with van der Waals surface area (Å²) in [6, 6.07) is 18.4. The molecule has 0 saturated carbocycles. The Kier molecular flexibility index (Phi) is 4.68. The highest BCUT2D eigenvalue weighted by Crippen LogP contribution is 2.57. The van der Waals surface area contributed by atoms with Gasteiger partial charge < -0.3 is 5.11 Å². The van der Waals surface area contributed by atoms with Crippen molar-refractivity contribution in [1.29, 1.82) is 0 Å². The summed E-state index contributed by atoms with van der Waals surface area (Å²) in [5.74, 6) is 0.905. The minimum Gasteiger partial charge on any atom is -0.507 e. The molecule has 0 aliphatic heterocycles. The molecule has 1 N–H and O–H groups in total. The molecule has 0 bridgehead atoms. The van der Waals surface area contributed by atoms with Crippen LogP contribution in [-0.2, 0) is 0 Å². The molecule has 0 spiro atoms. The van der Waals surface area contributed by atoms with E-state index in [9.17, 15) is 5.11 Å². The first kappa shape index (κ1) is 16.0. The maximum atomic E-state index is 10.5. The van der Waals surface area contributed by atoms with Crippen LogP contribution >= 0.6 is 7.92 Å². The van der Waals surface area contributed by atoms with E-state index in [0.717, 1.165) is 11.7 Å². The van der Waals surface area contributed by atoms with Gasteiger partial charge in [0, 0.05) is 10.5 Å². The molecule has 3 rings (SSSR count). The Bertz CT molecular complexity index is 706. The number of phenols is 1. The number of allylic oxidation sites excluding steroid dienone is 4. The normalized spacial score (nSPS) is 18.0. The van der Waals surface area contributed by atoms with Gasteiger partial charge in [0.1, 0.15) is 5.75 Å². The van der Waals surface area contributed by atoms with Crippen molar-refractivity contribution in [2.45, 2.75) is 25.4 Å². The van der Waals surface area contributed by atoms with E-state index in [4.69, 9.17) is 0 Å². The average Bonchev–Trinajstić information content (AvgIpc) is 3.08. The summed E-state index contributed by atoms with van der Waals surface area (Å²) < 4.78 is 0. The van der Waals surface area contributed by atoms with E-state index in [1.54, 1.807) is 6.07 Å². The summed E-state index contributed by atoms with van der Waals surface area (Å²) in [5, 5.41) is 12.9. The second kappa shape index (κ2) is 6.72. The predicted molar refractivity (Wildman–Crippen MR) is 101 cm³/mol. The van der Waals surface area contributed by atoms with Gasteiger partial charge in [0.2, 0.25) is 0 Å². The Morgan fingerprint density at radius 1 is 0.957 bits per heavy atom. The second-order valence-electron chi connectivity index (χ2n) is 6.07. The van der Waals surface area contributed by atoms with Crippen LogP contribution in [0.25, 0.3) is 0 Å². The van der Waals surface area contributed by atoms with Gasteiger partial charge >= 0.3 is 0 Å². The molecule has 118 valence electrons. The fourth-order valence-electron chi connectivity index (χ4n) is 3.30. The predicted octanol–water partition coefficient (Wildman–Crippen LogP) is 4.74. The molecule has 0 aromatic heterocycles. The molecule has 0 radical (unpaired) electrons. The summed E-state index contributed by atoms with van der Waals surface area (Å²) in [5.41, 5.74) is 0. The SMILES string of the molecule is CCC(C)C1(P(c2ccccc2)c2ccccc2O)C=CC=C1. The monoisotopic (exact) mass is 322 g/mol. The van der Waals surface area contributed by atoms with Gasteiger partial charge in [-0.05, 0) is 25.2 Å². The van der Waals surface area contributed by atoms with Gasteiger partial charge in [0.05, 0.1) is 0 Å². The van der Waals surface area contributed by atoms with Crippen LogP contribution in [0.3, 0.4) is 0 Å². The van der Waals surface area contributed by atoms with E-state index >= 15 is 0 Å². The van der Waals surface area contributed by atoms with Gasteiger partial charge in [0.15, 0.2) is 0 Å². The number of rotatable bonds is 5. The van der Waals surface area contributed by atoms with Gasteiger partial charge in [-0.1, -0.05) is 93.1 Å². The molecule has 2 aromatic carbocycles. The first-order valence-corrected chi connectivity index (χ1v) is 9.53. The van der Waals surface area contributed by atoms with Crippen molar-refractivity contribution in [3.8, 4) is 5.75 Å². The molecule has 1 aliphatic carbocycles. The Hall–Kier alpha value is -1.85. The largest absolute Gasteiger partial charge is 0.507 e. The highest BCUT2D eigenvalue weighted by Gasteiger charge is 2.42. The van der Waals surface area contributed by atoms with Crippen LogP contribution in [0.4, 0.5) is 0 Å². The zero-order valence-corrected chi connectivity index (χ0v) is 14.6. The minimum atomic E-state index is -0.726. The lowest BCUT2D eigenvalue weighted by atomic mass is 9.92. The van der Waals surface area contributed by atoms with Crippen molar-refractivity contribution in [1.82, 2.24) is 0 Å². The Labute approximate surface area is 140 Å². The van der Waals surface area contributed by atoms with Crippen LogP contribution in [-0.4, -0.2) is 10.3 Å². The van der Waals surface area contributed by atoms with E-state index in [-0.39, 0.29) is 5.16 Å². The molecule has 0 fully saturated rings. The first-order valence-electron chi connectivity index (χ1n) is 8.19. The average molecular weight is 322 g/mol. The van der Waals surface area contributed by atoms with Crippen LogP contribution in [0.1, 0.15) is 20.3 Å². The van der Waals surface area contributed by atoms with Gasteiger partial charge in [-0.2, -0.15) is 0 Å². The molecule has 1 nitrogen and oxygen atoms in total. The molecule has 2 atom stereocenters. The number of hydrogen-bond donors (Lipinski definition) is 1.